The lowest BCUT2D eigenvalue weighted by molar-refractivity contribution is -0.183. The molecule has 3 nitrogen and oxygen atoms in total. The number of nitrogens with zero attached hydrogens (tertiary/aromatic N) is 1. The van der Waals surface area contributed by atoms with E-state index in [9.17, 15) is 13.2 Å². The first-order chi connectivity index (χ1) is 10.5. The second-order valence-corrected chi connectivity index (χ2v) is 6.69. The summed E-state index contributed by atoms with van der Waals surface area (Å²) in [4.78, 5) is 4.47. The summed E-state index contributed by atoms with van der Waals surface area (Å²) in [6.45, 7) is 3.39. The lowest BCUT2D eigenvalue weighted by atomic mass is 9.85. The third-order valence-corrected chi connectivity index (χ3v) is 4.55. The van der Waals surface area contributed by atoms with Crippen LogP contribution < -0.4 is 10.6 Å². The molecule has 0 aromatic carbocycles. The van der Waals surface area contributed by atoms with Gasteiger partial charge in [-0.25, -0.2) is 0 Å². The normalized spacial score (nSPS) is 23.4. The van der Waals surface area contributed by atoms with Crippen LogP contribution in [-0.4, -0.2) is 43.3 Å². The van der Waals surface area contributed by atoms with Crippen LogP contribution in [0.2, 0.25) is 0 Å². The Morgan fingerprint density at radius 1 is 1.27 bits per heavy atom. The van der Waals surface area contributed by atoms with E-state index in [4.69, 9.17) is 0 Å². The van der Waals surface area contributed by atoms with Crippen LogP contribution in [0.3, 0.4) is 0 Å². The highest BCUT2D eigenvalue weighted by Crippen LogP contribution is 2.37. The lowest BCUT2D eigenvalue weighted by Crippen LogP contribution is -2.46. The van der Waals surface area contributed by atoms with Crippen molar-refractivity contribution in [3.63, 3.8) is 0 Å². The third kappa shape index (κ3) is 7.61. The Hall–Kier alpha value is -0.590. The minimum Gasteiger partial charge on any atom is -0.357 e. The predicted octanol–water partition coefficient (Wildman–Crippen LogP) is 3.81. The maximum Gasteiger partial charge on any atom is 0.391 e. The smallest absolute Gasteiger partial charge is 0.357 e. The van der Waals surface area contributed by atoms with Gasteiger partial charge in [-0.05, 0) is 51.0 Å². The van der Waals surface area contributed by atoms with E-state index in [0.717, 1.165) is 25.0 Å². The summed E-state index contributed by atoms with van der Waals surface area (Å²) in [5, 5.41) is 6.31. The van der Waals surface area contributed by atoms with Gasteiger partial charge < -0.3 is 10.6 Å². The van der Waals surface area contributed by atoms with E-state index in [1.165, 1.54) is 0 Å². The molecule has 0 radical (unpaired) electrons. The number of halogens is 3. The van der Waals surface area contributed by atoms with Crippen molar-refractivity contribution in [1.82, 2.24) is 10.6 Å². The summed E-state index contributed by atoms with van der Waals surface area (Å²) in [7, 11) is 0. The van der Waals surface area contributed by atoms with Crippen LogP contribution in [0.1, 0.15) is 45.4 Å². The van der Waals surface area contributed by atoms with E-state index >= 15 is 0 Å². The van der Waals surface area contributed by atoms with E-state index in [2.05, 4.69) is 21.9 Å². The number of alkyl halides is 3. The van der Waals surface area contributed by atoms with Crippen LogP contribution in [0.4, 0.5) is 13.2 Å². The number of rotatable bonds is 7. The highest BCUT2D eigenvalue weighted by atomic mass is 32.2. The van der Waals surface area contributed by atoms with Crippen LogP contribution in [0.25, 0.3) is 0 Å². The maximum absolute atomic E-state index is 12.8. The minimum absolute atomic E-state index is 0.135. The van der Waals surface area contributed by atoms with Crippen LogP contribution in [0.5, 0.6) is 0 Å². The molecule has 0 saturated heterocycles. The van der Waals surface area contributed by atoms with E-state index in [1.807, 2.05) is 18.7 Å². The summed E-state index contributed by atoms with van der Waals surface area (Å²) < 4.78 is 38.5. The van der Waals surface area contributed by atoms with Crippen molar-refractivity contribution in [2.24, 2.45) is 10.9 Å². The molecule has 130 valence electrons. The number of unbranched alkanes of at least 4 members (excludes halogenated alkanes) is 1. The maximum atomic E-state index is 12.8. The van der Waals surface area contributed by atoms with Gasteiger partial charge in [0.2, 0.25) is 0 Å². The molecule has 0 amide bonds. The molecule has 1 aliphatic rings. The molecule has 0 spiro atoms. The van der Waals surface area contributed by atoms with Crippen molar-refractivity contribution in [1.29, 1.82) is 0 Å². The van der Waals surface area contributed by atoms with Gasteiger partial charge in [-0.2, -0.15) is 24.9 Å². The summed E-state index contributed by atoms with van der Waals surface area (Å²) in [6, 6.07) is -0.135. The quantitative estimate of drug-likeness (QED) is 0.421. The number of hydrogen-bond acceptors (Lipinski definition) is 2. The van der Waals surface area contributed by atoms with Crippen LogP contribution in [-0.2, 0) is 0 Å². The van der Waals surface area contributed by atoms with Gasteiger partial charge in [0.1, 0.15) is 0 Å². The highest BCUT2D eigenvalue weighted by molar-refractivity contribution is 7.98. The summed E-state index contributed by atoms with van der Waals surface area (Å²) in [5.74, 6) is 0.595. The summed E-state index contributed by atoms with van der Waals surface area (Å²) in [6.07, 6.45) is 1.93. The Bertz CT molecular complexity index is 334. The zero-order valence-electron chi connectivity index (χ0n) is 13.5. The molecule has 0 aromatic rings. The number of guanidine groups is 1. The molecule has 1 fully saturated rings. The molecule has 1 rings (SSSR count). The second-order valence-electron chi connectivity index (χ2n) is 5.71. The van der Waals surface area contributed by atoms with E-state index in [0.29, 0.717) is 25.5 Å². The number of hydrogen-bond donors (Lipinski definition) is 2. The van der Waals surface area contributed by atoms with Gasteiger partial charge in [0.15, 0.2) is 5.96 Å². The molecule has 2 atom stereocenters. The fourth-order valence-electron chi connectivity index (χ4n) is 2.68. The Balaban J connectivity index is 2.46. The van der Waals surface area contributed by atoms with E-state index in [-0.39, 0.29) is 18.9 Å². The topological polar surface area (TPSA) is 36.4 Å². The third-order valence-electron chi connectivity index (χ3n) is 3.85. The standard InChI is InChI=1S/C15H28F3N3S/c1-3-19-14(20-9-4-5-10-22-2)21-13-8-6-7-12(11-13)15(16,17)18/h12-13H,3-11H2,1-2H3,(H2,19,20,21). The molecule has 1 aliphatic carbocycles. The van der Waals surface area contributed by atoms with Gasteiger partial charge >= 0.3 is 6.18 Å². The van der Waals surface area contributed by atoms with Crippen molar-refractivity contribution < 1.29 is 13.2 Å². The number of aliphatic imine (C=N–C) groups is 1. The van der Waals surface area contributed by atoms with Crippen molar-refractivity contribution in [3.05, 3.63) is 0 Å². The van der Waals surface area contributed by atoms with Crippen molar-refractivity contribution in [2.45, 2.75) is 57.7 Å². The molecule has 1 saturated carbocycles. The average Bonchev–Trinajstić information content (AvgIpc) is 2.46. The SMILES string of the molecule is CCNC(=NCCCCSC)NC1CCCC(C(F)(F)F)C1. The molecule has 0 aliphatic heterocycles. The summed E-state index contributed by atoms with van der Waals surface area (Å²) >= 11 is 1.82. The van der Waals surface area contributed by atoms with Crippen LogP contribution in [0.15, 0.2) is 4.99 Å². The summed E-state index contributed by atoms with van der Waals surface area (Å²) in [5.41, 5.74) is 0. The first-order valence-corrected chi connectivity index (χ1v) is 9.47. The average molecular weight is 339 g/mol. The molecular formula is C15H28F3N3S. The zero-order chi connectivity index (χ0) is 16.4. The monoisotopic (exact) mass is 339 g/mol. The van der Waals surface area contributed by atoms with Gasteiger partial charge in [0, 0.05) is 19.1 Å². The fraction of sp³-hybridized carbons (Fsp3) is 0.933. The largest absolute Gasteiger partial charge is 0.391 e. The van der Waals surface area contributed by atoms with Gasteiger partial charge in [-0.3, -0.25) is 4.99 Å². The molecule has 2 unspecified atom stereocenters. The van der Waals surface area contributed by atoms with E-state index < -0.39 is 12.1 Å². The van der Waals surface area contributed by atoms with Gasteiger partial charge in [0.25, 0.3) is 0 Å². The zero-order valence-corrected chi connectivity index (χ0v) is 14.3. The van der Waals surface area contributed by atoms with Gasteiger partial charge in [-0.1, -0.05) is 6.42 Å². The number of thioether (sulfide) groups is 1. The first kappa shape index (κ1) is 19.5. The molecule has 0 aromatic heterocycles. The Morgan fingerprint density at radius 3 is 2.68 bits per heavy atom. The Morgan fingerprint density at radius 2 is 2.05 bits per heavy atom. The molecule has 0 bridgehead atoms. The Labute approximate surface area is 135 Å². The van der Waals surface area contributed by atoms with Crippen molar-refractivity contribution in [2.75, 3.05) is 25.1 Å². The van der Waals surface area contributed by atoms with Crippen LogP contribution in [0, 0.1) is 5.92 Å². The van der Waals surface area contributed by atoms with Crippen molar-refractivity contribution >= 4 is 17.7 Å². The first-order valence-electron chi connectivity index (χ1n) is 8.07. The lowest BCUT2D eigenvalue weighted by Gasteiger charge is -2.31. The van der Waals surface area contributed by atoms with Crippen LogP contribution >= 0.6 is 11.8 Å². The van der Waals surface area contributed by atoms with E-state index in [1.54, 1.807) is 0 Å². The fourth-order valence-corrected chi connectivity index (χ4v) is 3.17. The molecular weight excluding hydrogens is 311 g/mol. The van der Waals surface area contributed by atoms with Gasteiger partial charge in [-0.15, -0.1) is 0 Å². The second kappa shape index (κ2) is 10.2. The molecule has 2 N–H and O–H groups in total. The molecule has 0 heterocycles. The molecule has 22 heavy (non-hydrogen) atoms. The predicted molar refractivity (Wildman–Crippen MR) is 88.5 cm³/mol. The number of nitrogens with one attached hydrogen (secondary N) is 2. The Kier molecular flexibility index (Phi) is 9.05. The van der Waals surface area contributed by atoms with Crippen molar-refractivity contribution in [3.8, 4) is 0 Å². The molecule has 7 heteroatoms. The minimum atomic E-state index is -4.08. The van der Waals surface area contributed by atoms with Gasteiger partial charge in [0.05, 0.1) is 5.92 Å². The highest BCUT2D eigenvalue weighted by Gasteiger charge is 2.42.